The summed E-state index contributed by atoms with van der Waals surface area (Å²) in [7, 11) is 0. The highest BCUT2D eigenvalue weighted by Gasteiger charge is 2.07. The Balaban J connectivity index is 2.34. The summed E-state index contributed by atoms with van der Waals surface area (Å²) in [5.41, 5.74) is 1.02. The van der Waals surface area contributed by atoms with Crippen LogP contribution in [0.15, 0.2) is 29.6 Å². The Bertz CT molecular complexity index is 477. The maximum absolute atomic E-state index is 4.50. The van der Waals surface area contributed by atoms with Gasteiger partial charge in [-0.15, -0.1) is 11.3 Å². The van der Waals surface area contributed by atoms with Gasteiger partial charge in [-0.3, -0.25) is 0 Å². The van der Waals surface area contributed by atoms with E-state index in [9.17, 15) is 0 Å². The fraction of sp³-hybridized carbons (Fsp3) is 0.333. The summed E-state index contributed by atoms with van der Waals surface area (Å²) in [4.78, 5) is 11.3. The first-order valence-corrected chi connectivity index (χ1v) is 7.22. The second-order valence-corrected chi connectivity index (χ2v) is 5.67. The number of thioether (sulfide) groups is 1. The van der Waals surface area contributed by atoms with Gasteiger partial charge >= 0.3 is 0 Å². The molecule has 0 aliphatic heterocycles. The van der Waals surface area contributed by atoms with Crippen LogP contribution in [-0.2, 0) is 0 Å². The van der Waals surface area contributed by atoms with E-state index in [2.05, 4.69) is 35.9 Å². The molecule has 0 aliphatic rings. The van der Waals surface area contributed by atoms with Crippen molar-refractivity contribution in [2.24, 2.45) is 0 Å². The second kappa shape index (κ2) is 4.97. The van der Waals surface area contributed by atoms with Gasteiger partial charge in [0.25, 0.3) is 0 Å². The molecule has 0 radical (unpaired) electrons. The smallest absolute Gasteiger partial charge is 0.187 e. The minimum Gasteiger partial charge on any atom is -0.231 e. The predicted molar refractivity (Wildman–Crippen MR) is 71.2 cm³/mol. The number of nitrogens with zero attached hydrogens (tertiary/aromatic N) is 2. The molecule has 0 bridgehead atoms. The summed E-state index contributed by atoms with van der Waals surface area (Å²) in [6.45, 7) is 4.42. The number of hydrogen-bond acceptors (Lipinski definition) is 4. The Morgan fingerprint density at radius 2 is 2.06 bits per heavy atom. The molecule has 2 heterocycles. The molecule has 2 nitrogen and oxygen atoms in total. The van der Waals surface area contributed by atoms with E-state index in [4.69, 9.17) is 0 Å². The van der Waals surface area contributed by atoms with Gasteiger partial charge in [0, 0.05) is 11.1 Å². The van der Waals surface area contributed by atoms with Crippen LogP contribution in [0.2, 0.25) is 0 Å². The van der Waals surface area contributed by atoms with Crippen molar-refractivity contribution in [3.8, 4) is 10.6 Å². The third-order valence-corrected chi connectivity index (χ3v) is 4.23. The molecule has 0 saturated carbocycles. The van der Waals surface area contributed by atoms with Crippen LogP contribution in [0.3, 0.4) is 0 Å². The van der Waals surface area contributed by atoms with E-state index >= 15 is 0 Å². The highest BCUT2D eigenvalue weighted by Crippen LogP contribution is 2.31. The van der Waals surface area contributed by atoms with Crippen LogP contribution in [0.1, 0.15) is 24.6 Å². The molecule has 4 heteroatoms. The lowest BCUT2D eigenvalue weighted by Crippen LogP contribution is -1.86. The Kier molecular flexibility index (Phi) is 3.61. The molecule has 0 atom stereocenters. The average Bonchev–Trinajstić information content (AvgIpc) is 2.78. The molecular weight excluding hydrogens is 236 g/mol. The summed E-state index contributed by atoms with van der Waals surface area (Å²) < 4.78 is 0. The molecule has 0 saturated heterocycles. The highest BCUT2D eigenvalue weighted by molar-refractivity contribution is 7.98. The number of hydrogen-bond donors (Lipinski definition) is 0. The zero-order valence-electron chi connectivity index (χ0n) is 9.60. The number of aromatic nitrogens is 2. The quantitative estimate of drug-likeness (QED) is 0.607. The molecule has 0 unspecified atom stereocenters. The summed E-state index contributed by atoms with van der Waals surface area (Å²) in [6.07, 6.45) is 3.82. The predicted octanol–water partition coefficient (Wildman–Crippen LogP) is 4.05. The average molecular weight is 250 g/mol. The minimum absolute atomic E-state index is 0.584. The lowest BCUT2D eigenvalue weighted by Gasteiger charge is -2.00. The molecule has 0 N–H and O–H groups in total. The number of rotatable bonds is 3. The van der Waals surface area contributed by atoms with E-state index in [-0.39, 0.29) is 0 Å². The summed E-state index contributed by atoms with van der Waals surface area (Å²) in [6, 6.07) is 6.30. The molecule has 0 aromatic carbocycles. The topological polar surface area (TPSA) is 25.8 Å². The van der Waals surface area contributed by atoms with E-state index in [1.54, 1.807) is 11.8 Å². The second-order valence-electron chi connectivity index (χ2n) is 3.79. The fourth-order valence-corrected chi connectivity index (χ4v) is 2.71. The fourth-order valence-electron chi connectivity index (χ4n) is 1.38. The maximum atomic E-state index is 4.50. The minimum atomic E-state index is 0.584. The maximum Gasteiger partial charge on any atom is 0.187 e. The SMILES string of the molecule is CSc1nccc(-c2ccc(C(C)C)s2)n1. The van der Waals surface area contributed by atoms with Crippen molar-refractivity contribution in [2.45, 2.75) is 24.9 Å². The van der Waals surface area contributed by atoms with Gasteiger partial charge < -0.3 is 0 Å². The normalized spacial score (nSPS) is 11.0. The van der Waals surface area contributed by atoms with Gasteiger partial charge in [-0.1, -0.05) is 25.6 Å². The first-order valence-electron chi connectivity index (χ1n) is 5.18. The first kappa shape index (κ1) is 11.6. The third-order valence-electron chi connectivity index (χ3n) is 2.26. The van der Waals surface area contributed by atoms with Crippen LogP contribution in [0, 0.1) is 0 Å². The molecule has 0 fully saturated rings. The van der Waals surface area contributed by atoms with Crippen LogP contribution in [0.4, 0.5) is 0 Å². The van der Waals surface area contributed by atoms with Crippen molar-refractivity contribution in [1.82, 2.24) is 9.97 Å². The van der Waals surface area contributed by atoms with Crippen molar-refractivity contribution >= 4 is 23.1 Å². The number of thiophene rings is 1. The summed E-state index contributed by atoms with van der Waals surface area (Å²) in [5.74, 6) is 0.584. The third kappa shape index (κ3) is 2.44. The molecule has 0 amide bonds. The van der Waals surface area contributed by atoms with E-state index in [0.717, 1.165) is 10.9 Å². The van der Waals surface area contributed by atoms with E-state index in [1.165, 1.54) is 9.75 Å². The van der Waals surface area contributed by atoms with Crippen LogP contribution in [0.25, 0.3) is 10.6 Å². The zero-order valence-corrected chi connectivity index (χ0v) is 11.2. The van der Waals surface area contributed by atoms with E-state index in [1.807, 2.05) is 29.9 Å². The van der Waals surface area contributed by atoms with Gasteiger partial charge in [0.2, 0.25) is 0 Å². The van der Waals surface area contributed by atoms with Crippen LogP contribution < -0.4 is 0 Å². The van der Waals surface area contributed by atoms with Gasteiger partial charge in [0.05, 0.1) is 10.6 Å². The Hall–Kier alpha value is -0.870. The zero-order chi connectivity index (χ0) is 11.5. The lowest BCUT2D eigenvalue weighted by atomic mass is 10.2. The Labute approximate surface area is 104 Å². The lowest BCUT2D eigenvalue weighted by molar-refractivity contribution is 0.890. The first-order chi connectivity index (χ1) is 7.70. The van der Waals surface area contributed by atoms with E-state index < -0.39 is 0 Å². The molecule has 2 rings (SSSR count). The Morgan fingerprint density at radius 1 is 1.25 bits per heavy atom. The summed E-state index contributed by atoms with van der Waals surface area (Å²) in [5, 5.41) is 0.831. The molecular formula is C12H14N2S2. The molecule has 0 spiro atoms. The van der Waals surface area contributed by atoms with Crippen molar-refractivity contribution in [1.29, 1.82) is 0 Å². The molecule has 2 aromatic rings. The van der Waals surface area contributed by atoms with Crippen LogP contribution >= 0.6 is 23.1 Å². The van der Waals surface area contributed by atoms with E-state index in [0.29, 0.717) is 5.92 Å². The van der Waals surface area contributed by atoms with Gasteiger partial charge in [0.1, 0.15) is 0 Å². The van der Waals surface area contributed by atoms with Crippen molar-refractivity contribution < 1.29 is 0 Å². The van der Waals surface area contributed by atoms with Crippen LogP contribution in [0.5, 0.6) is 0 Å². The van der Waals surface area contributed by atoms with Gasteiger partial charge in [-0.05, 0) is 30.4 Å². The van der Waals surface area contributed by atoms with Crippen molar-refractivity contribution in [2.75, 3.05) is 6.26 Å². The van der Waals surface area contributed by atoms with Gasteiger partial charge in [0.15, 0.2) is 5.16 Å². The van der Waals surface area contributed by atoms with Gasteiger partial charge in [-0.25, -0.2) is 9.97 Å². The van der Waals surface area contributed by atoms with Crippen molar-refractivity contribution in [3.63, 3.8) is 0 Å². The Morgan fingerprint density at radius 3 is 2.69 bits per heavy atom. The molecule has 84 valence electrons. The van der Waals surface area contributed by atoms with Crippen LogP contribution in [-0.4, -0.2) is 16.2 Å². The molecule has 16 heavy (non-hydrogen) atoms. The van der Waals surface area contributed by atoms with Crippen molar-refractivity contribution in [3.05, 3.63) is 29.3 Å². The largest absolute Gasteiger partial charge is 0.231 e. The standard InChI is InChI=1S/C12H14N2S2/c1-8(2)10-4-5-11(16-10)9-6-7-13-12(14-9)15-3/h4-8H,1-3H3. The monoisotopic (exact) mass is 250 g/mol. The molecule has 0 aliphatic carbocycles. The molecule has 2 aromatic heterocycles. The van der Waals surface area contributed by atoms with Gasteiger partial charge in [-0.2, -0.15) is 0 Å². The highest BCUT2D eigenvalue weighted by atomic mass is 32.2. The summed E-state index contributed by atoms with van der Waals surface area (Å²) >= 11 is 3.39.